The van der Waals surface area contributed by atoms with E-state index in [1.54, 1.807) is 4.90 Å². The minimum absolute atomic E-state index is 0.147. The van der Waals surface area contributed by atoms with Crippen LogP contribution in [0.2, 0.25) is 0 Å². The molecular formula is C16H29N5O4S. The third-order valence-electron chi connectivity index (χ3n) is 4.71. The quantitative estimate of drug-likeness (QED) is 0.727. The fourth-order valence-corrected chi connectivity index (χ4v) is 4.99. The minimum atomic E-state index is -3.06. The van der Waals surface area contributed by atoms with Gasteiger partial charge in [0.2, 0.25) is 10.0 Å². The van der Waals surface area contributed by atoms with Crippen molar-refractivity contribution in [3.8, 4) is 0 Å². The summed E-state index contributed by atoms with van der Waals surface area (Å²) in [5, 5.41) is 3.26. The first kappa shape index (κ1) is 19.2. The van der Waals surface area contributed by atoms with Crippen LogP contribution in [0.1, 0.15) is 27.2 Å². The van der Waals surface area contributed by atoms with Crippen molar-refractivity contribution in [1.82, 2.24) is 19.4 Å². The second-order valence-electron chi connectivity index (χ2n) is 7.93. The van der Waals surface area contributed by atoms with E-state index < -0.39 is 15.6 Å². The van der Waals surface area contributed by atoms with E-state index in [1.165, 1.54) is 4.31 Å². The Bertz CT molecular complexity index is 673. The Morgan fingerprint density at radius 1 is 1.31 bits per heavy atom. The number of aliphatic imine (C=N–C) groups is 1. The SMILES string of the molecule is CC(C)(C)OC(=O)N1CCN2C(NCCN3CCCS3(=O)=O)=NCC2C1. The van der Waals surface area contributed by atoms with Gasteiger partial charge in [-0.05, 0) is 27.2 Å². The summed E-state index contributed by atoms with van der Waals surface area (Å²) in [7, 11) is -3.06. The molecule has 3 aliphatic rings. The van der Waals surface area contributed by atoms with Crippen molar-refractivity contribution in [1.29, 1.82) is 0 Å². The van der Waals surface area contributed by atoms with Crippen LogP contribution in [0, 0.1) is 0 Å². The molecule has 0 aromatic heterocycles. The second kappa shape index (κ2) is 7.22. The zero-order valence-corrected chi connectivity index (χ0v) is 16.6. The highest BCUT2D eigenvalue weighted by atomic mass is 32.2. The Morgan fingerprint density at radius 2 is 2.08 bits per heavy atom. The topological polar surface area (TPSA) is 94.5 Å². The number of hydrogen-bond donors (Lipinski definition) is 1. The number of nitrogens with zero attached hydrogens (tertiary/aromatic N) is 4. The van der Waals surface area contributed by atoms with Crippen LogP contribution in [-0.4, -0.2) is 97.8 Å². The number of rotatable bonds is 3. The summed E-state index contributed by atoms with van der Waals surface area (Å²) in [6.45, 7) is 9.69. The number of fused-ring (bicyclic) bond motifs is 1. The van der Waals surface area contributed by atoms with Crippen molar-refractivity contribution < 1.29 is 17.9 Å². The van der Waals surface area contributed by atoms with E-state index in [9.17, 15) is 13.2 Å². The van der Waals surface area contributed by atoms with E-state index in [-0.39, 0.29) is 17.9 Å². The minimum Gasteiger partial charge on any atom is -0.444 e. The summed E-state index contributed by atoms with van der Waals surface area (Å²) in [4.78, 5) is 20.7. The molecule has 3 heterocycles. The van der Waals surface area contributed by atoms with Gasteiger partial charge in [0.1, 0.15) is 5.60 Å². The van der Waals surface area contributed by atoms with Crippen molar-refractivity contribution in [2.75, 3.05) is 51.6 Å². The average Bonchev–Trinajstić information content (AvgIpc) is 3.08. The van der Waals surface area contributed by atoms with Crippen LogP contribution in [-0.2, 0) is 14.8 Å². The largest absolute Gasteiger partial charge is 0.444 e. The van der Waals surface area contributed by atoms with E-state index in [0.717, 1.165) is 5.96 Å². The number of nitrogens with one attached hydrogen (secondary N) is 1. The highest BCUT2D eigenvalue weighted by molar-refractivity contribution is 7.89. The molecule has 9 nitrogen and oxygen atoms in total. The first-order valence-electron chi connectivity index (χ1n) is 9.16. The van der Waals surface area contributed by atoms with Gasteiger partial charge in [-0.25, -0.2) is 17.5 Å². The van der Waals surface area contributed by atoms with Crippen LogP contribution in [0.5, 0.6) is 0 Å². The number of amides is 1. The molecule has 0 saturated carbocycles. The first-order chi connectivity index (χ1) is 12.2. The molecule has 0 aliphatic carbocycles. The predicted octanol–water partition coefficient (Wildman–Crippen LogP) is -0.0976. The molecule has 0 spiro atoms. The van der Waals surface area contributed by atoms with Gasteiger partial charge in [-0.1, -0.05) is 0 Å². The maximum atomic E-state index is 12.2. The number of hydrogen-bond acceptors (Lipinski definition) is 7. The van der Waals surface area contributed by atoms with Crippen LogP contribution in [0.3, 0.4) is 0 Å². The highest BCUT2D eigenvalue weighted by Crippen LogP contribution is 2.18. The zero-order valence-electron chi connectivity index (χ0n) is 15.8. The average molecular weight is 388 g/mol. The summed E-state index contributed by atoms with van der Waals surface area (Å²) in [5.74, 6) is 1.05. The smallest absolute Gasteiger partial charge is 0.410 e. The van der Waals surface area contributed by atoms with Gasteiger partial charge in [-0.3, -0.25) is 4.99 Å². The summed E-state index contributed by atoms with van der Waals surface area (Å²) >= 11 is 0. The van der Waals surface area contributed by atoms with Gasteiger partial charge in [0.25, 0.3) is 0 Å². The maximum Gasteiger partial charge on any atom is 0.410 e. The number of piperazine rings is 1. The molecule has 10 heteroatoms. The molecule has 0 radical (unpaired) electrons. The van der Waals surface area contributed by atoms with E-state index in [2.05, 4.69) is 15.2 Å². The molecule has 2 fully saturated rings. The second-order valence-corrected chi connectivity index (χ2v) is 10.0. The van der Waals surface area contributed by atoms with E-state index in [0.29, 0.717) is 52.2 Å². The van der Waals surface area contributed by atoms with Gasteiger partial charge in [-0.15, -0.1) is 0 Å². The Hall–Kier alpha value is -1.55. The summed E-state index contributed by atoms with van der Waals surface area (Å²) in [5.41, 5.74) is -0.497. The molecule has 0 bridgehead atoms. The molecule has 1 unspecified atom stereocenters. The summed E-state index contributed by atoms with van der Waals surface area (Å²) in [6, 6.07) is 0.147. The number of guanidine groups is 1. The Morgan fingerprint density at radius 3 is 2.73 bits per heavy atom. The zero-order chi connectivity index (χ0) is 18.9. The van der Waals surface area contributed by atoms with Crippen molar-refractivity contribution >= 4 is 22.1 Å². The van der Waals surface area contributed by atoms with Crippen LogP contribution in [0.15, 0.2) is 4.99 Å². The standard InChI is InChI=1S/C16H29N5O4S/c1-16(2,3)25-15(22)19-8-9-21-13(12-19)11-18-14(21)17-5-7-20-6-4-10-26(20,23)24/h13H,4-12H2,1-3H3,(H,17,18). The third kappa shape index (κ3) is 4.40. The lowest BCUT2D eigenvalue weighted by Crippen LogP contribution is -2.57. The first-order valence-corrected chi connectivity index (χ1v) is 10.8. The van der Waals surface area contributed by atoms with Crippen molar-refractivity contribution in [2.24, 2.45) is 4.99 Å². The Labute approximate surface area is 155 Å². The molecule has 3 aliphatic heterocycles. The molecule has 26 heavy (non-hydrogen) atoms. The number of carbonyl (C=O) groups excluding carboxylic acids is 1. The van der Waals surface area contributed by atoms with Crippen molar-refractivity contribution in [3.63, 3.8) is 0 Å². The fourth-order valence-electron chi connectivity index (χ4n) is 3.46. The van der Waals surface area contributed by atoms with Gasteiger partial charge >= 0.3 is 6.09 Å². The molecule has 1 amide bonds. The molecule has 148 valence electrons. The molecular weight excluding hydrogens is 358 g/mol. The lowest BCUT2D eigenvalue weighted by Gasteiger charge is -2.39. The molecule has 0 aromatic rings. The lowest BCUT2D eigenvalue weighted by atomic mass is 10.2. The van der Waals surface area contributed by atoms with Crippen LogP contribution >= 0.6 is 0 Å². The molecule has 1 atom stereocenters. The third-order valence-corrected chi connectivity index (χ3v) is 6.66. The number of carbonyl (C=O) groups is 1. The monoisotopic (exact) mass is 387 g/mol. The summed E-state index contributed by atoms with van der Waals surface area (Å²) in [6.07, 6.45) is 0.427. The molecule has 2 saturated heterocycles. The molecule has 3 rings (SSSR count). The van der Waals surface area contributed by atoms with Crippen molar-refractivity contribution in [3.05, 3.63) is 0 Å². The Balaban J connectivity index is 1.46. The number of sulfonamides is 1. The summed E-state index contributed by atoms with van der Waals surface area (Å²) < 4.78 is 30.6. The van der Waals surface area contributed by atoms with E-state index >= 15 is 0 Å². The van der Waals surface area contributed by atoms with Crippen LogP contribution < -0.4 is 5.32 Å². The van der Waals surface area contributed by atoms with Gasteiger partial charge in [0, 0.05) is 39.3 Å². The molecule has 1 N–H and O–H groups in total. The van der Waals surface area contributed by atoms with Gasteiger partial charge in [0.15, 0.2) is 5.96 Å². The Kier molecular flexibility index (Phi) is 5.34. The van der Waals surface area contributed by atoms with E-state index in [4.69, 9.17) is 4.74 Å². The predicted molar refractivity (Wildman–Crippen MR) is 98.6 cm³/mol. The van der Waals surface area contributed by atoms with Crippen molar-refractivity contribution in [2.45, 2.75) is 38.8 Å². The molecule has 0 aromatic carbocycles. The lowest BCUT2D eigenvalue weighted by molar-refractivity contribution is 0.0137. The van der Waals surface area contributed by atoms with Gasteiger partial charge in [-0.2, -0.15) is 0 Å². The highest BCUT2D eigenvalue weighted by Gasteiger charge is 2.36. The van der Waals surface area contributed by atoms with E-state index in [1.807, 2.05) is 20.8 Å². The van der Waals surface area contributed by atoms with Gasteiger partial charge < -0.3 is 19.9 Å². The van der Waals surface area contributed by atoms with Crippen LogP contribution in [0.25, 0.3) is 0 Å². The number of ether oxygens (including phenoxy) is 1. The normalized spacial score (nSPS) is 25.8. The van der Waals surface area contributed by atoms with Gasteiger partial charge in [0.05, 0.1) is 18.3 Å². The fraction of sp³-hybridized carbons (Fsp3) is 0.875. The van der Waals surface area contributed by atoms with Crippen LogP contribution in [0.4, 0.5) is 4.79 Å². The maximum absolute atomic E-state index is 12.2.